The van der Waals surface area contributed by atoms with Gasteiger partial charge in [0.1, 0.15) is 10.8 Å². The molecule has 2 rings (SSSR count). The first-order valence-corrected chi connectivity index (χ1v) is 7.88. The molecule has 0 aliphatic rings. The van der Waals surface area contributed by atoms with Crippen LogP contribution in [0.4, 0.5) is 4.39 Å². The first-order chi connectivity index (χ1) is 9.61. The molecule has 1 aromatic heterocycles. The van der Waals surface area contributed by atoms with Gasteiger partial charge in [0.15, 0.2) is 0 Å². The van der Waals surface area contributed by atoms with Crippen molar-refractivity contribution >= 4 is 27.3 Å². The lowest BCUT2D eigenvalue weighted by Crippen LogP contribution is -2.26. The van der Waals surface area contributed by atoms with Gasteiger partial charge >= 0.3 is 0 Å². The Morgan fingerprint density at radius 1 is 1.50 bits per heavy atom. The van der Waals surface area contributed by atoms with E-state index in [1.807, 2.05) is 12.3 Å². The molecule has 1 N–H and O–H groups in total. The second-order valence-electron chi connectivity index (χ2n) is 4.37. The van der Waals surface area contributed by atoms with Gasteiger partial charge in [-0.15, -0.1) is 11.3 Å². The third-order valence-electron chi connectivity index (χ3n) is 2.81. The number of aryl methyl sites for hydroxylation is 1. The van der Waals surface area contributed by atoms with Gasteiger partial charge in [-0.3, -0.25) is 0 Å². The zero-order chi connectivity index (χ0) is 14.5. The van der Waals surface area contributed by atoms with Gasteiger partial charge in [-0.25, -0.2) is 9.37 Å². The van der Waals surface area contributed by atoms with Gasteiger partial charge in [0, 0.05) is 29.2 Å². The Balaban J connectivity index is 2.32. The highest BCUT2D eigenvalue weighted by Crippen LogP contribution is 2.31. The van der Waals surface area contributed by atoms with Gasteiger partial charge in [0.05, 0.1) is 12.6 Å². The van der Waals surface area contributed by atoms with E-state index in [4.69, 9.17) is 4.74 Å². The van der Waals surface area contributed by atoms with E-state index >= 15 is 0 Å². The van der Waals surface area contributed by atoms with Crippen molar-refractivity contribution in [2.45, 2.75) is 13.0 Å². The van der Waals surface area contributed by atoms with Crippen LogP contribution >= 0.6 is 27.3 Å². The number of hydrogen-bond donors (Lipinski definition) is 1. The fourth-order valence-electron chi connectivity index (χ4n) is 1.88. The molecule has 1 unspecified atom stereocenters. The zero-order valence-corrected chi connectivity index (χ0v) is 13.7. The quantitative estimate of drug-likeness (QED) is 0.799. The fraction of sp³-hybridized carbons (Fsp3) is 0.357. The Bertz CT molecular complexity index is 576. The molecule has 3 nitrogen and oxygen atoms in total. The first-order valence-electron chi connectivity index (χ1n) is 6.21. The van der Waals surface area contributed by atoms with E-state index < -0.39 is 0 Å². The largest absolute Gasteiger partial charge is 0.383 e. The van der Waals surface area contributed by atoms with Crippen molar-refractivity contribution in [2.24, 2.45) is 0 Å². The third-order valence-corrected chi connectivity index (χ3v) is 4.56. The van der Waals surface area contributed by atoms with Crippen LogP contribution in [0.25, 0.3) is 0 Å². The molecule has 2 aromatic rings. The Morgan fingerprint density at radius 3 is 2.95 bits per heavy atom. The van der Waals surface area contributed by atoms with Crippen LogP contribution in [-0.2, 0) is 4.74 Å². The smallest absolute Gasteiger partial charge is 0.123 e. The van der Waals surface area contributed by atoms with E-state index in [1.54, 1.807) is 24.5 Å². The Kier molecular flexibility index (Phi) is 5.65. The lowest BCUT2D eigenvalue weighted by molar-refractivity contribution is 0.197. The van der Waals surface area contributed by atoms with Gasteiger partial charge in [-0.05, 0) is 30.7 Å². The maximum absolute atomic E-state index is 13.5. The molecule has 0 fully saturated rings. The van der Waals surface area contributed by atoms with Gasteiger partial charge in [-0.1, -0.05) is 15.9 Å². The van der Waals surface area contributed by atoms with Crippen LogP contribution in [0, 0.1) is 12.7 Å². The summed E-state index contributed by atoms with van der Waals surface area (Å²) in [5.41, 5.74) is 1.81. The lowest BCUT2D eigenvalue weighted by atomic mass is 10.1. The molecule has 0 spiro atoms. The molecule has 108 valence electrons. The number of aromatic nitrogens is 1. The number of nitrogens with one attached hydrogen (secondary N) is 1. The highest BCUT2D eigenvalue weighted by Gasteiger charge is 2.20. The Labute approximate surface area is 130 Å². The van der Waals surface area contributed by atoms with Crippen LogP contribution in [0.5, 0.6) is 0 Å². The predicted octanol–water partition coefficient (Wildman–Crippen LogP) is 3.68. The van der Waals surface area contributed by atoms with Gasteiger partial charge in [0.25, 0.3) is 0 Å². The van der Waals surface area contributed by atoms with E-state index in [0.29, 0.717) is 13.2 Å². The second-order valence-corrected chi connectivity index (χ2v) is 6.12. The van der Waals surface area contributed by atoms with Crippen molar-refractivity contribution in [2.75, 3.05) is 20.3 Å². The molecule has 1 heterocycles. The van der Waals surface area contributed by atoms with E-state index in [1.165, 1.54) is 12.1 Å². The summed E-state index contributed by atoms with van der Waals surface area (Å²) >= 11 is 5.05. The average molecular weight is 359 g/mol. The van der Waals surface area contributed by atoms with Crippen molar-refractivity contribution in [3.8, 4) is 0 Å². The highest BCUT2D eigenvalue weighted by molar-refractivity contribution is 9.10. The molecule has 1 atom stereocenters. The van der Waals surface area contributed by atoms with E-state index in [-0.39, 0.29) is 11.9 Å². The lowest BCUT2D eigenvalue weighted by Gasteiger charge is -2.18. The van der Waals surface area contributed by atoms with Crippen molar-refractivity contribution in [3.63, 3.8) is 0 Å². The second kappa shape index (κ2) is 7.26. The highest BCUT2D eigenvalue weighted by atomic mass is 79.9. The van der Waals surface area contributed by atoms with Crippen molar-refractivity contribution in [3.05, 3.63) is 50.1 Å². The predicted molar refractivity (Wildman–Crippen MR) is 82.7 cm³/mol. The number of ether oxygens (including phenoxy) is 1. The van der Waals surface area contributed by atoms with Crippen LogP contribution in [0.15, 0.2) is 28.1 Å². The molecular formula is C14H16BrFN2OS. The minimum absolute atomic E-state index is 0.145. The maximum atomic E-state index is 13.5. The van der Waals surface area contributed by atoms with Crippen LogP contribution in [0.3, 0.4) is 0 Å². The number of rotatable bonds is 6. The summed E-state index contributed by atoms with van der Waals surface area (Å²) in [6.45, 7) is 3.21. The molecule has 6 heteroatoms. The summed E-state index contributed by atoms with van der Waals surface area (Å²) in [6, 6.07) is 4.54. The maximum Gasteiger partial charge on any atom is 0.123 e. The summed E-state index contributed by atoms with van der Waals surface area (Å²) in [6.07, 6.45) is 0. The minimum Gasteiger partial charge on any atom is -0.383 e. The number of benzene rings is 1. The van der Waals surface area contributed by atoms with Crippen LogP contribution in [0.1, 0.15) is 22.3 Å². The normalized spacial score (nSPS) is 12.6. The molecular weight excluding hydrogens is 343 g/mol. The number of halogens is 2. The Morgan fingerprint density at radius 2 is 2.30 bits per heavy atom. The minimum atomic E-state index is -0.255. The topological polar surface area (TPSA) is 34.1 Å². The molecule has 0 radical (unpaired) electrons. The first kappa shape index (κ1) is 15.6. The summed E-state index contributed by atoms with van der Waals surface area (Å²) in [5, 5.41) is 6.28. The summed E-state index contributed by atoms with van der Waals surface area (Å²) in [7, 11) is 1.66. The van der Waals surface area contributed by atoms with Crippen LogP contribution in [-0.4, -0.2) is 25.2 Å². The van der Waals surface area contributed by atoms with Gasteiger partial charge < -0.3 is 10.1 Å². The molecule has 20 heavy (non-hydrogen) atoms. The molecule has 0 saturated heterocycles. The molecule has 0 saturated carbocycles. The fourth-order valence-corrected chi connectivity index (χ4v) is 3.24. The Hall–Kier alpha value is -0.820. The van der Waals surface area contributed by atoms with Gasteiger partial charge in [0.2, 0.25) is 0 Å². The summed E-state index contributed by atoms with van der Waals surface area (Å²) < 4.78 is 19.4. The van der Waals surface area contributed by atoms with Gasteiger partial charge in [-0.2, -0.15) is 0 Å². The van der Waals surface area contributed by atoms with E-state index in [2.05, 4.69) is 26.2 Å². The molecule has 0 bridgehead atoms. The summed E-state index contributed by atoms with van der Waals surface area (Å²) in [4.78, 5) is 4.51. The molecule has 0 aliphatic heterocycles. The zero-order valence-electron chi connectivity index (χ0n) is 11.3. The summed E-state index contributed by atoms with van der Waals surface area (Å²) in [5.74, 6) is -0.255. The molecule has 0 aliphatic carbocycles. The van der Waals surface area contributed by atoms with E-state index in [9.17, 15) is 4.39 Å². The van der Waals surface area contributed by atoms with Crippen molar-refractivity contribution in [1.29, 1.82) is 0 Å². The number of nitrogens with zero attached hydrogens (tertiary/aromatic N) is 1. The van der Waals surface area contributed by atoms with Crippen molar-refractivity contribution in [1.82, 2.24) is 10.3 Å². The monoisotopic (exact) mass is 358 g/mol. The van der Waals surface area contributed by atoms with E-state index in [0.717, 1.165) is 20.7 Å². The average Bonchev–Trinajstić information content (AvgIpc) is 2.84. The molecule has 0 amide bonds. The number of thiazole rings is 1. The van der Waals surface area contributed by atoms with Crippen molar-refractivity contribution < 1.29 is 9.13 Å². The SMILES string of the molecule is COCCNC(c1nc(C)cs1)c1cc(F)ccc1Br. The standard InChI is InChI=1S/C14H16BrFN2OS/c1-9-8-20-14(18-9)13(17-5-6-19-2)11-7-10(16)3-4-12(11)15/h3-4,7-8,13,17H,5-6H2,1-2H3. The number of hydrogen-bond acceptors (Lipinski definition) is 4. The number of methoxy groups -OCH3 is 1. The molecule has 1 aromatic carbocycles. The van der Waals surface area contributed by atoms with Crippen LogP contribution < -0.4 is 5.32 Å². The van der Waals surface area contributed by atoms with Crippen LogP contribution in [0.2, 0.25) is 0 Å². The third kappa shape index (κ3) is 3.85.